The quantitative estimate of drug-likeness (QED) is 0.730. The van der Waals surface area contributed by atoms with Gasteiger partial charge in [0.05, 0.1) is 14.2 Å². The van der Waals surface area contributed by atoms with E-state index in [0.29, 0.717) is 29.3 Å². The van der Waals surface area contributed by atoms with E-state index in [1.165, 1.54) is 11.3 Å². The maximum Gasteiger partial charge on any atom is 0.349 e. The van der Waals surface area contributed by atoms with Crippen molar-refractivity contribution in [3.05, 3.63) is 46.2 Å². The summed E-state index contributed by atoms with van der Waals surface area (Å²) >= 11 is 1.28. The molecule has 1 heterocycles. The predicted octanol–water partition coefficient (Wildman–Crippen LogP) is 2.67. The van der Waals surface area contributed by atoms with Crippen molar-refractivity contribution in [1.82, 2.24) is 5.32 Å². The number of hydrogen-bond acceptors (Lipinski definition) is 6. The molecule has 134 valence electrons. The Balaban J connectivity index is 1.80. The van der Waals surface area contributed by atoms with Gasteiger partial charge in [0.15, 0.2) is 17.6 Å². The van der Waals surface area contributed by atoms with Crippen molar-refractivity contribution in [2.45, 2.75) is 19.4 Å². The summed E-state index contributed by atoms with van der Waals surface area (Å²) in [6.45, 7) is 1.98. The Bertz CT molecular complexity index is 714. The van der Waals surface area contributed by atoms with Gasteiger partial charge >= 0.3 is 5.97 Å². The van der Waals surface area contributed by atoms with E-state index in [4.69, 9.17) is 14.2 Å². The van der Waals surface area contributed by atoms with Crippen LogP contribution in [0.25, 0.3) is 0 Å². The average molecular weight is 363 g/mol. The zero-order valence-corrected chi connectivity index (χ0v) is 15.2. The number of carbonyl (C=O) groups excluding carboxylic acids is 2. The molecule has 0 radical (unpaired) electrons. The first-order chi connectivity index (χ1) is 12.0. The maximum absolute atomic E-state index is 12.0. The highest BCUT2D eigenvalue weighted by Gasteiger charge is 2.19. The molecule has 1 aromatic carbocycles. The van der Waals surface area contributed by atoms with Crippen LogP contribution in [-0.2, 0) is 16.0 Å². The van der Waals surface area contributed by atoms with Gasteiger partial charge in [0.25, 0.3) is 5.91 Å². The fourth-order valence-electron chi connectivity index (χ4n) is 2.18. The highest BCUT2D eigenvalue weighted by molar-refractivity contribution is 7.11. The van der Waals surface area contributed by atoms with E-state index in [9.17, 15) is 9.59 Å². The summed E-state index contributed by atoms with van der Waals surface area (Å²) < 4.78 is 15.6. The van der Waals surface area contributed by atoms with Gasteiger partial charge in [-0.15, -0.1) is 11.3 Å². The number of hydrogen-bond donors (Lipinski definition) is 1. The lowest BCUT2D eigenvalue weighted by atomic mass is 10.1. The van der Waals surface area contributed by atoms with Crippen LogP contribution in [-0.4, -0.2) is 38.7 Å². The van der Waals surface area contributed by atoms with Crippen molar-refractivity contribution in [2.75, 3.05) is 20.8 Å². The summed E-state index contributed by atoms with van der Waals surface area (Å²) in [7, 11) is 3.16. The molecule has 0 aliphatic rings. The molecular formula is C18H21NO5S. The van der Waals surface area contributed by atoms with E-state index in [2.05, 4.69) is 5.32 Å². The first kappa shape index (κ1) is 18.8. The van der Waals surface area contributed by atoms with Gasteiger partial charge in [-0.1, -0.05) is 12.1 Å². The van der Waals surface area contributed by atoms with E-state index >= 15 is 0 Å². The fraction of sp³-hybridized carbons (Fsp3) is 0.333. The first-order valence-electron chi connectivity index (χ1n) is 7.78. The highest BCUT2D eigenvalue weighted by atomic mass is 32.1. The molecular weight excluding hydrogens is 342 g/mol. The van der Waals surface area contributed by atoms with E-state index < -0.39 is 12.1 Å². The van der Waals surface area contributed by atoms with Gasteiger partial charge in [0.1, 0.15) is 4.88 Å². The minimum absolute atomic E-state index is 0.328. The van der Waals surface area contributed by atoms with Gasteiger partial charge in [-0.2, -0.15) is 0 Å². The van der Waals surface area contributed by atoms with Crippen LogP contribution in [0.2, 0.25) is 0 Å². The van der Waals surface area contributed by atoms with Crippen LogP contribution in [0.4, 0.5) is 0 Å². The lowest BCUT2D eigenvalue weighted by Crippen LogP contribution is -2.36. The largest absolute Gasteiger partial charge is 0.493 e. The second kappa shape index (κ2) is 9.08. The van der Waals surface area contributed by atoms with Crippen LogP contribution in [0.3, 0.4) is 0 Å². The molecule has 1 N–H and O–H groups in total. The Morgan fingerprint density at radius 3 is 2.56 bits per heavy atom. The van der Waals surface area contributed by atoms with Crippen LogP contribution in [0.15, 0.2) is 35.7 Å². The molecule has 0 bridgehead atoms. The van der Waals surface area contributed by atoms with E-state index in [1.54, 1.807) is 38.7 Å². The van der Waals surface area contributed by atoms with E-state index in [0.717, 1.165) is 5.56 Å². The summed E-state index contributed by atoms with van der Waals surface area (Å²) in [5.41, 5.74) is 1.00. The van der Waals surface area contributed by atoms with Crippen LogP contribution in [0, 0.1) is 0 Å². The van der Waals surface area contributed by atoms with Crippen molar-refractivity contribution in [3.8, 4) is 11.5 Å². The Morgan fingerprint density at radius 2 is 1.92 bits per heavy atom. The highest BCUT2D eigenvalue weighted by Crippen LogP contribution is 2.27. The normalized spacial score (nSPS) is 11.5. The van der Waals surface area contributed by atoms with Crippen molar-refractivity contribution < 1.29 is 23.8 Å². The molecule has 0 saturated heterocycles. The molecule has 6 nitrogen and oxygen atoms in total. The second-order valence-corrected chi connectivity index (χ2v) is 6.20. The number of nitrogens with one attached hydrogen (secondary N) is 1. The molecule has 1 atom stereocenters. The standard InChI is InChI=1S/C18H21NO5S/c1-12(24-18(21)16-5-4-10-25-16)17(20)19-9-8-13-6-7-14(22-2)15(11-13)23-3/h4-7,10-12H,8-9H2,1-3H3,(H,19,20). The molecule has 0 saturated carbocycles. The average Bonchev–Trinajstić information content (AvgIpc) is 3.16. The third-order valence-corrected chi connectivity index (χ3v) is 4.39. The van der Waals surface area contributed by atoms with Crippen molar-refractivity contribution in [1.29, 1.82) is 0 Å². The number of carbonyl (C=O) groups is 2. The lowest BCUT2D eigenvalue weighted by molar-refractivity contribution is -0.129. The molecule has 0 spiro atoms. The summed E-state index contributed by atoms with van der Waals surface area (Å²) in [6.07, 6.45) is -0.225. The van der Waals surface area contributed by atoms with Gasteiger partial charge in [-0.25, -0.2) is 4.79 Å². The lowest BCUT2D eigenvalue weighted by Gasteiger charge is -2.13. The zero-order valence-electron chi connectivity index (χ0n) is 14.4. The summed E-state index contributed by atoms with van der Waals surface area (Å²) in [4.78, 5) is 24.3. The smallest absolute Gasteiger partial charge is 0.349 e. The van der Waals surface area contributed by atoms with Crippen molar-refractivity contribution in [2.24, 2.45) is 0 Å². The minimum Gasteiger partial charge on any atom is -0.493 e. The Kier molecular flexibility index (Phi) is 6.82. The molecule has 1 amide bonds. The van der Waals surface area contributed by atoms with E-state index in [1.807, 2.05) is 18.2 Å². The van der Waals surface area contributed by atoms with Gasteiger partial charge in [-0.3, -0.25) is 4.79 Å². The number of methoxy groups -OCH3 is 2. The van der Waals surface area contributed by atoms with Crippen LogP contribution < -0.4 is 14.8 Å². The Labute approximate surface area is 150 Å². The number of rotatable bonds is 8. The monoisotopic (exact) mass is 363 g/mol. The molecule has 0 aliphatic carbocycles. The third-order valence-electron chi connectivity index (χ3n) is 3.54. The second-order valence-electron chi connectivity index (χ2n) is 5.26. The molecule has 0 aliphatic heterocycles. The van der Waals surface area contributed by atoms with Crippen LogP contribution >= 0.6 is 11.3 Å². The van der Waals surface area contributed by atoms with Gasteiger partial charge < -0.3 is 19.5 Å². The van der Waals surface area contributed by atoms with Gasteiger partial charge in [0, 0.05) is 6.54 Å². The fourth-order valence-corrected chi connectivity index (χ4v) is 2.78. The minimum atomic E-state index is -0.847. The topological polar surface area (TPSA) is 73.9 Å². The molecule has 25 heavy (non-hydrogen) atoms. The number of amides is 1. The van der Waals surface area contributed by atoms with Crippen LogP contribution in [0.1, 0.15) is 22.2 Å². The van der Waals surface area contributed by atoms with Gasteiger partial charge in [0.2, 0.25) is 0 Å². The predicted molar refractivity (Wildman–Crippen MR) is 95.5 cm³/mol. The van der Waals surface area contributed by atoms with Crippen molar-refractivity contribution >= 4 is 23.2 Å². The molecule has 2 aromatic rings. The number of benzene rings is 1. The maximum atomic E-state index is 12.0. The zero-order chi connectivity index (χ0) is 18.2. The molecule has 0 fully saturated rings. The van der Waals surface area contributed by atoms with E-state index in [-0.39, 0.29) is 5.91 Å². The third kappa shape index (κ3) is 5.22. The summed E-state index contributed by atoms with van der Waals surface area (Å²) in [5, 5.41) is 4.55. The first-order valence-corrected chi connectivity index (χ1v) is 8.66. The van der Waals surface area contributed by atoms with Crippen molar-refractivity contribution in [3.63, 3.8) is 0 Å². The number of thiophene rings is 1. The van der Waals surface area contributed by atoms with Crippen LogP contribution in [0.5, 0.6) is 11.5 Å². The number of ether oxygens (including phenoxy) is 3. The molecule has 2 rings (SSSR count). The Morgan fingerprint density at radius 1 is 1.16 bits per heavy atom. The summed E-state index contributed by atoms with van der Waals surface area (Å²) in [6, 6.07) is 9.02. The molecule has 7 heteroatoms. The SMILES string of the molecule is COc1ccc(CCNC(=O)C(C)OC(=O)c2cccs2)cc1OC. The number of esters is 1. The Hall–Kier alpha value is -2.54. The molecule has 1 aromatic heterocycles. The molecule has 1 unspecified atom stereocenters. The summed E-state index contributed by atoms with van der Waals surface area (Å²) in [5.74, 6) is 0.483. The van der Waals surface area contributed by atoms with Gasteiger partial charge in [-0.05, 0) is 42.5 Å².